The molecular weight excluding hydrogens is 246 g/mol. The van der Waals surface area contributed by atoms with Crippen molar-refractivity contribution in [1.82, 2.24) is 4.90 Å². The maximum absolute atomic E-state index is 12.4. The third-order valence-electron chi connectivity index (χ3n) is 2.92. The van der Waals surface area contributed by atoms with Crippen LogP contribution in [-0.2, 0) is 4.79 Å². The van der Waals surface area contributed by atoms with E-state index in [-0.39, 0.29) is 12.5 Å². The lowest BCUT2D eigenvalue weighted by Crippen LogP contribution is -2.36. The van der Waals surface area contributed by atoms with Gasteiger partial charge in [-0.05, 0) is 19.1 Å². The number of methoxy groups -OCH3 is 1. The standard InChI is InChI=1S/C14H19NO4/c1-4-15(9-10(2)14(17)18)13(16)11-7-5-6-8-12(11)19-3/h5-8,10H,4,9H2,1-3H3,(H,17,18). The van der Waals surface area contributed by atoms with Crippen molar-refractivity contribution in [2.45, 2.75) is 13.8 Å². The maximum Gasteiger partial charge on any atom is 0.308 e. The van der Waals surface area contributed by atoms with Crippen molar-refractivity contribution < 1.29 is 19.4 Å². The summed E-state index contributed by atoms with van der Waals surface area (Å²) in [5.41, 5.74) is 0.449. The van der Waals surface area contributed by atoms with E-state index < -0.39 is 11.9 Å². The molecule has 1 rings (SSSR count). The van der Waals surface area contributed by atoms with Gasteiger partial charge in [0.1, 0.15) is 5.75 Å². The van der Waals surface area contributed by atoms with Crippen LogP contribution in [0.3, 0.4) is 0 Å². The molecule has 0 fully saturated rings. The average molecular weight is 265 g/mol. The molecule has 0 radical (unpaired) electrons. The van der Waals surface area contributed by atoms with Gasteiger partial charge >= 0.3 is 5.97 Å². The monoisotopic (exact) mass is 265 g/mol. The number of carbonyl (C=O) groups excluding carboxylic acids is 1. The van der Waals surface area contributed by atoms with Crippen molar-refractivity contribution in [3.05, 3.63) is 29.8 Å². The minimum Gasteiger partial charge on any atom is -0.496 e. The summed E-state index contributed by atoms with van der Waals surface area (Å²) in [6.45, 7) is 4.04. The summed E-state index contributed by atoms with van der Waals surface area (Å²) in [5, 5.41) is 8.92. The van der Waals surface area contributed by atoms with Gasteiger partial charge in [0.05, 0.1) is 18.6 Å². The highest BCUT2D eigenvalue weighted by atomic mass is 16.5. The molecule has 5 nitrogen and oxygen atoms in total. The first-order chi connectivity index (χ1) is 9.01. The molecule has 0 saturated carbocycles. The van der Waals surface area contributed by atoms with E-state index >= 15 is 0 Å². The number of amides is 1. The van der Waals surface area contributed by atoms with Gasteiger partial charge in [-0.2, -0.15) is 0 Å². The molecule has 0 aliphatic rings. The number of aliphatic carboxylic acids is 1. The average Bonchev–Trinajstić information content (AvgIpc) is 2.43. The second-order valence-electron chi connectivity index (χ2n) is 4.28. The maximum atomic E-state index is 12.4. The van der Waals surface area contributed by atoms with Gasteiger partial charge in [-0.25, -0.2) is 0 Å². The van der Waals surface area contributed by atoms with E-state index in [1.54, 1.807) is 31.2 Å². The first-order valence-corrected chi connectivity index (χ1v) is 6.16. The van der Waals surface area contributed by atoms with Crippen LogP contribution in [0.4, 0.5) is 0 Å². The van der Waals surface area contributed by atoms with E-state index in [9.17, 15) is 9.59 Å². The van der Waals surface area contributed by atoms with E-state index in [1.165, 1.54) is 12.0 Å². The van der Waals surface area contributed by atoms with Crippen molar-refractivity contribution in [2.24, 2.45) is 5.92 Å². The molecule has 0 aromatic heterocycles. The highest BCUT2D eigenvalue weighted by Gasteiger charge is 2.22. The fourth-order valence-electron chi connectivity index (χ4n) is 1.76. The molecule has 1 amide bonds. The van der Waals surface area contributed by atoms with Crippen molar-refractivity contribution in [2.75, 3.05) is 20.2 Å². The van der Waals surface area contributed by atoms with Crippen LogP contribution in [0.25, 0.3) is 0 Å². The van der Waals surface area contributed by atoms with Gasteiger partial charge in [0.15, 0.2) is 0 Å². The molecule has 104 valence electrons. The number of hydrogen-bond acceptors (Lipinski definition) is 3. The topological polar surface area (TPSA) is 66.8 Å². The number of nitrogens with zero attached hydrogens (tertiary/aromatic N) is 1. The summed E-state index contributed by atoms with van der Waals surface area (Å²) in [5.74, 6) is -1.23. The number of carboxylic acid groups (broad SMARTS) is 1. The third kappa shape index (κ3) is 3.71. The summed E-state index contributed by atoms with van der Waals surface area (Å²) < 4.78 is 5.15. The first-order valence-electron chi connectivity index (χ1n) is 6.16. The number of carboxylic acids is 1. The Bertz CT molecular complexity index is 459. The Balaban J connectivity index is 2.92. The molecule has 0 spiro atoms. The SMILES string of the molecule is CCN(CC(C)C(=O)O)C(=O)c1ccccc1OC. The lowest BCUT2D eigenvalue weighted by atomic mass is 10.1. The Morgan fingerprint density at radius 1 is 1.37 bits per heavy atom. The molecule has 5 heteroatoms. The molecule has 1 aromatic rings. The first kappa shape index (κ1) is 15.0. The van der Waals surface area contributed by atoms with E-state index in [0.29, 0.717) is 17.9 Å². The molecule has 1 unspecified atom stereocenters. The second-order valence-corrected chi connectivity index (χ2v) is 4.28. The molecule has 0 heterocycles. The summed E-state index contributed by atoms with van der Waals surface area (Å²) in [4.78, 5) is 24.7. The van der Waals surface area contributed by atoms with Crippen molar-refractivity contribution in [3.8, 4) is 5.75 Å². The molecule has 1 N–H and O–H groups in total. The van der Waals surface area contributed by atoms with Gasteiger partial charge in [0.25, 0.3) is 5.91 Å². The minimum atomic E-state index is -0.911. The van der Waals surface area contributed by atoms with Gasteiger partial charge in [-0.15, -0.1) is 0 Å². The van der Waals surface area contributed by atoms with Crippen LogP contribution < -0.4 is 4.74 Å². The Kier molecular flexibility index (Phi) is 5.36. The minimum absolute atomic E-state index is 0.183. The molecule has 0 aliphatic heterocycles. The van der Waals surface area contributed by atoms with Crippen LogP contribution >= 0.6 is 0 Å². The van der Waals surface area contributed by atoms with Crippen molar-refractivity contribution in [3.63, 3.8) is 0 Å². The quantitative estimate of drug-likeness (QED) is 0.852. The van der Waals surface area contributed by atoms with Gasteiger partial charge in [-0.3, -0.25) is 9.59 Å². The Morgan fingerprint density at radius 3 is 2.53 bits per heavy atom. The number of hydrogen-bond donors (Lipinski definition) is 1. The van der Waals surface area contributed by atoms with E-state index in [2.05, 4.69) is 0 Å². The normalized spacial score (nSPS) is 11.7. The van der Waals surface area contributed by atoms with Gasteiger partial charge < -0.3 is 14.7 Å². The summed E-state index contributed by atoms with van der Waals surface area (Å²) in [6.07, 6.45) is 0. The number of rotatable bonds is 6. The van der Waals surface area contributed by atoms with Gasteiger partial charge in [0, 0.05) is 13.1 Å². The number of carbonyl (C=O) groups is 2. The zero-order valence-corrected chi connectivity index (χ0v) is 11.4. The highest BCUT2D eigenvalue weighted by molar-refractivity contribution is 5.97. The highest BCUT2D eigenvalue weighted by Crippen LogP contribution is 2.19. The third-order valence-corrected chi connectivity index (χ3v) is 2.92. The van der Waals surface area contributed by atoms with Crippen LogP contribution in [0.5, 0.6) is 5.75 Å². The fraction of sp³-hybridized carbons (Fsp3) is 0.429. The number of ether oxygens (including phenoxy) is 1. The van der Waals surface area contributed by atoms with Gasteiger partial charge in [-0.1, -0.05) is 19.1 Å². The molecule has 0 saturated heterocycles. The summed E-state index contributed by atoms with van der Waals surface area (Å²) >= 11 is 0. The zero-order chi connectivity index (χ0) is 14.4. The Labute approximate surface area is 112 Å². The van der Waals surface area contributed by atoms with Crippen molar-refractivity contribution >= 4 is 11.9 Å². The van der Waals surface area contributed by atoms with Crippen LogP contribution in [-0.4, -0.2) is 42.1 Å². The van der Waals surface area contributed by atoms with Crippen LogP contribution in [0, 0.1) is 5.92 Å². The predicted molar refractivity (Wildman–Crippen MR) is 71.4 cm³/mol. The van der Waals surface area contributed by atoms with E-state index in [1.807, 2.05) is 6.92 Å². The van der Waals surface area contributed by atoms with Crippen LogP contribution in [0.2, 0.25) is 0 Å². The zero-order valence-electron chi connectivity index (χ0n) is 11.4. The molecular formula is C14H19NO4. The molecule has 19 heavy (non-hydrogen) atoms. The van der Waals surface area contributed by atoms with Crippen LogP contribution in [0.1, 0.15) is 24.2 Å². The largest absolute Gasteiger partial charge is 0.496 e. The van der Waals surface area contributed by atoms with Crippen LogP contribution in [0.15, 0.2) is 24.3 Å². The lowest BCUT2D eigenvalue weighted by molar-refractivity contribution is -0.141. The number of para-hydroxylation sites is 1. The molecule has 0 aliphatic carbocycles. The smallest absolute Gasteiger partial charge is 0.308 e. The van der Waals surface area contributed by atoms with Gasteiger partial charge in [0.2, 0.25) is 0 Å². The molecule has 1 atom stereocenters. The number of benzene rings is 1. The lowest BCUT2D eigenvalue weighted by Gasteiger charge is -2.23. The Hall–Kier alpha value is -2.04. The summed E-state index contributed by atoms with van der Waals surface area (Å²) in [7, 11) is 1.50. The fourth-order valence-corrected chi connectivity index (χ4v) is 1.76. The van der Waals surface area contributed by atoms with E-state index in [0.717, 1.165) is 0 Å². The second kappa shape index (κ2) is 6.78. The molecule has 0 bridgehead atoms. The van der Waals surface area contributed by atoms with Crippen molar-refractivity contribution in [1.29, 1.82) is 0 Å². The summed E-state index contributed by atoms with van der Waals surface area (Å²) in [6, 6.07) is 6.92. The molecule has 1 aromatic carbocycles. The van der Waals surface area contributed by atoms with E-state index in [4.69, 9.17) is 9.84 Å². The predicted octanol–water partition coefficient (Wildman–Crippen LogP) is 1.88. The Morgan fingerprint density at radius 2 is 2.00 bits per heavy atom.